The number of esters is 1. The van der Waals surface area contributed by atoms with Gasteiger partial charge in [-0.25, -0.2) is 4.79 Å². The highest BCUT2D eigenvalue weighted by Crippen LogP contribution is 2.15. The standard InChI is InChI=1S/C14H23NO3/c1-5-7-8-9-10-12(16)15-14(3,11-6-2)13(17)18-4/h1H,6-11H2,2-4H3,(H,15,16). The lowest BCUT2D eigenvalue weighted by molar-refractivity contribution is -0.150. The summed E-state index contributed by atoms with van der Waals surface area (Å²) in [4.78, 5) is 23.4. The third kappa shape index (κ3) is 5.72. The van der Waals surface area contributed by atoms with Crippen LogP contribution >= 0.6 is 0 Å². The van der Waals surface area contributed by atoms with Gasteiger partial charge in [-0.2, -0.15) is 0 Å². The SMILES string of the molecule is C#CCCCCC(=O)NC(C)(CCC)C(=O)OC. The molecule has 0 bridgehead atoms. The van der Waals surface area contributed by atoms with Gasteiger partial charge in [-0.1, -0.05) is 13.3 Å². The smallest absolute Gasteiger partial charge is 0.331 e. The van der Waals surface area contributed by atoms with E-state index in [1.54, 1.807) is 6.92 Å². The molecule has 0 heterocycles. The molecule has 0 saturated heterocycles. The Morgan fingerprint density at radius 3 is 2.56 bits per heavy atom. The monoisotopic (exact) mass is 253 g/mol. The normalized spacial score (nSPS) is 13.2. The summed E-state index contributed by atoms with van der Waals surface area (Å²) in [6.07, 6.45) is 9.12. The summed E-state index contributed by atoms with van der Waals surface area (Å²) in [5.74, 6) is 2.00. The molecule has 1 unspecified atom stereocenters. The van der Waals surface area contributed by atoms with E-state index in [1.165, 1.54) is 7.11 Å². The molecule has 0 fully saturated rings. The van der Waals surface area contributed by atoms with Crippen LogP contribution in [0.25, 0.3) is 0 Å². The molecule has 0 radical (unpaired) electrons. The average Bonchev–Trinajstić information content (AvgIpc) is 2.33. The number of rotatable bonds is 8. The number of carbonyl (C=O) groups excluding carboxylic acids is 2. The topological polar surface area (TPSA) is 55.4 Å². The maximum Gasteiger partial charge on any atom is 0.331 e. The molecule has 102 valence electrons. The Bertz CT molecular complexity index is 319. The fourth-order valence-corrected chi connectivity index (χ4v) is 1.82. The van der Waals surface area contributed by atoms with Crippen molar-refractivity contribution >= 4 is 11.9 Å². The Morgan fingerprint density at radius 1 is 1.39 bits per heavy atom. The van der Waals surface area contributed by atoms with Crippen LogP contribution in [0.1, 0.15) is 52.4 Å². The van der Waals surface area contributed by atoms with Crippen LogP contribution in [0.2, 0.25) is 0 Å². The molecule has 1 N–H and O–H groups in total. The summed E-state index contributed by atoms with van der Waals surface area (Å²) >= 11 is 0. The van der Waals surface area contributed by atoms with E-state index in [0.29, 0.717) is 19.3 Å². The van der Waals surface area contributed by atoms with Gasteiger partial charge in [-0.3, -0.25) is 4.79 Å². The van der Waals surface area contributed by atoms with Crippen LogP contribution < -0.4 is 5.32 Å². The first-order valence-electron chi connectivity index (χ1n) is 6.33. The first-order chi connectivity index (χ1) is 8.50. The zero-order valence-electron chi connectivity index (χ0n) is 11.5. The highest BCUT2D eigenvalue weighted by Gasteiger charge is 2.34. The van der Waals surface area contributed by atoms with E-state index < -0.39 is 11.5 Å². The molecule has 4 heteroatoms. The summed E-state index contributed by atoms with van der Waals surface area (Å²) in [5, 5.41) is 2.76. The van der Waals surface area contributed by atoms with Crippen molar-refractivity contribution in [3.8, 4) is 12.3 Å². The van der Waals surface area contributed by atoms with Gasteiger partial charge in [0.25, 0.3) is 0 Å². The molecular formula is C14H23NO3. The quantitative estimate of drug-likeness (QED) is 0.409. The minimum Gasteiger partial charge on any atom is -0.467 e. The maximum atomic E-state index is 11.7. The van der Waals surface area contributed by atoms with E-state index >= 15 is 0 Å². The minimum absolute atomic E-state index is 0.131. The molecule has 0 aromatic rings. The summed E-state index contributed by atoms with van der Waals surface area (Å²) < 4.78 is 4.73. The van der Waals surface area contributed by atoms with E-state index in [9.17, 15) is 9.59 Å². The van der Waals surface area contributed by atoms with Gasteiger partial charge >= 0.3 is 5.97 Å². The second kappa shape index (κ2) is 8.57. The summed E-state index contributed by atoms with van der Waals surface area (Å²) in [7, 11) is 1.33. The molecule has 0 aromatic carbocycles. The van der Waals surface area contributed by atoms with Crippen molar-refractivity contribution in [2.45, 2.75) is 57.9 Å². The third-order valence-electron chi connectivity index (χ3n) is 2.78. The van der Waals surface area contributed by atoms with Gasteiger partial charge in [0.05, 0.1) is 7.11 Å². The van der Waals surface area contributed by atoms with Crippen LogP contribution in [0, 0.1) is 12.3 Å². The van der Waals surface area contributed by atoms with Crippen LogP contribution in [0.3, 0.4) is 0 Å². The fraction of sp³-hybridized carbons (Fsp3) is 0.714. The number of amides is 1. The molecule has 1 amide bonds. The van der Waals surface area contributed by atoms with Crippen molar-refractivity contribution in [2.24, 2.45) is 0 Å². The van der Waals surface area contributed by atoms with Gasteiger partial charge in [-0.05, 0) is 26.2 Å². The van der Waals surface area contributed by atoms with Crippen molar-refractivity contribution in [2.75, 3.05) is 7.11 Å². The first kappa shape index (κ1) is 16.5. The number of methoxy groups -OCH3 is 1. The average molecular weight is 253 g/mol. The zero-order chi connectivity index (χ0) is 14.0. The van der Waals surface area contributed by atoms with Gasteiger partial charge in [0.1, 0.15) is 5.54 Å². The van der Waals surface area contributed by atoms with Crippen LogP contribution in [0.15, 0.2) is 0 Å². The lowest BCUT2D eigenvalue weighted by atomic mass is 9.96. The van der Waals surface area contributed by atoms with Gasteiger partial charge < -0.3 is 10.1 Å². The van der Waals surface area contributed by atoms with E-state index in [4.69, 9.17) is 11.2 Å². The number of carbonyl (C=O) groups is 2. The first-order valence-corrected chi connectivity index (χ1v) is 6.33. The summed E-state index contributed by atoms with van der Waals surface area (Å²) in [5.41, 5.74) is -0.924. The van der Waals surface area contributed by atoms with Crippen LogP contribution in [0.4, 0.5) is 0 Å². The zero-order valence-corrected chi connectivity index (χ0v) is 11.5. The molecular weight excluding hydrogens is 230 g/mol. The fourth-order valence-electron chi connectivity index (χ4n) is 1.82. The van der Waals surface area contributed by atoms with Crippen molar-refractivity contribution in [1.29, 1.82) is 0 Å². The highest BCUT2D eigenvalue weighted by molar-refractivity contribution is 5.87. The lowest BCUT2D eigenvalue weighted by Crippen LogP contribution is -2.52. The minimum atomic E-state index is -0.924. The Balaban J connectivity index is 4.28. The molecule has 1 atom stereocenters. The Labute approximate surface area is 109 Å². The predicted octanol–water partition coefficient (Wildman–Crippen LogP) is 2.03. The number of ether oxygens (including phenoxy) is 1. The second-order valence-electron chi connectivity index (χ2n) is 4.53. The molecule has 0 aliphatic rings. The van der Waals surface area contributed by atoms with E-state index in [0.717, 1.165) is 19.3 Å². The molecule has 18 heavy (non-hydrogen) atoms. The Hall–Kier alpha value is -1.50. The predicted molar refractivity (Wildman–Crippen MR) is 70.8 cm³/mol. The van der Waals surface area contributed by atoms with Crippen LogP contribution in [-0.4, -0.2) is 24.5 Å². The van der Waals surface area contributed by atoms with Crippen molar-refractivity contribution in [3.05, 3.63) is 0 Å². The molecule has 0 aliphatic heterocycles. The van der Waals surface area contributed by atoms with E-state index in [-0.39, 0.29) is 5.91 Å². The Kier molecular flexibility index (Phi) is 7.86. The van der Waals surface area contributed by atoms with Gasteiger partial charge in [-0.15, -0.1) is 12.3 Å². The largest absolute Gasteiger partial charge is 0.467 e. The lowest BCUT2D eigenvalue weighted by Gasteiger charge is -2.27. The second-order valence-corrected chi connectivity index (χ2v) is 4.53. The van der Waals surface area contributed by atoms with Gasteiger partial charge in [0.2, 0.25) is 5.91 Å². The molecule has 0 saturated carbocycles. The van der Waals surface area contributed by atoms with E-state index in [2.05, 4.69) is 11.2 Å². The molecule has 4 nitrogen and oxygen atoms in total. The maximum absolute atomic E-state index is 11.7. The molecule has 0 aromatic heterocycles. The number of hydrogen-bond acceptors (Lipinski definition) is 3. The van der Waals surface area contributed by atoms with Gasteiger partial charge in [0, 0.05) is 12.8 Å². The van der Waals surface area contributed by atoms with Crippen LogP contribution in [-0.2, 0) is 14.3 Å². The number of unbranched alkanes of at least 4 members (excludes halogenated alkanes) is 2. The molecule has 0 rings (SSSR count). The third-order valence-corrected chi connectivity index (χ3v) is 2.78. The molecule has 0 spiro atoms. The van der Waals surface area contributed by atoms with Crippen molar-refractivity contribution < 1.29 is 14.3 Å². The van der Waals surface area contributed by atoms with Crippen molar-refractivity contribution in [1.82, 2.24) is 5.32 Å². The number of nitrogens with one attached hydrogen (secondary N) is 1. The summed E-state index contributed by atoms with van der Waals surface area (Å²) in [6.45, 7) is 3.65. The molecule has 0 aliphatic carbocycles. The number of terminal acetylenes is 1. The van der Waals surface area contributed by atoms with Gasteiger partial charge in [0.15, 0.2) is 0 Å². The van der Waals surface area contributed by atoms with Crippen LogP contribution in [0.5, 0.6) is 0 Å². The van der Waals surface area contributed by atoms with E-state index in [1.807, 2.05) is 6.92 Å². The number of hydrogen-bond donors (Lipinski definition) is 1. The highest BCUT2D eigenvalue weighted by atomic mass is 16.5. The Morgan fingerprint density at radius 2 is 2.06 bits per heavy atom. The summed E-state index contributed by atoms with van der Waals surface area (Å²) in [6, 6.07) is 0. The van der Waals surface area contributed by atoms with Crippen molar-refractivity contribution in [3.63, 3.8) is 0 Å².